The van der Waals surface area contributed by atoms with Crippen molar-refractivity contribution >= 4 is 38.6 Å². The first-order valence-corrected chi connectivity index (χ1v) is 21.0. The number of likely N-dealkylation sites (tertiary alicyclic amines) is 2. The molecule has 2 aliphatic carbocycles. The van der Waals surface area contributed by atoms with E-state index in [1.807, 2.05) is 43.3 Å². The topological polar surface area (TPSA) is 151 Å². The Morgan fingerprint density at radius 2 is 1.80 bits per heavy atom. The van der Waals surface area contributed by atoms with Crippen molar-refractivity contribution in [1.29, 1.82) is 0 Å². The minimum Gasteiger partial charge on any atom is -0.480 e. The van der Waals surface area contributed by atoms with Crippen molar-refractivity contribution in [2.75, 3.05) is 33.3 Å². The van der Waals surface area contributed by atoms with Crippen molar-refractivity contribution in [3.05, 3.63) is 81.9 Å². The molecule has 3 aromatic carbocycles. The number of hydrogen-bond acceptors (Lipinski definition) is 11. The van der Waals surface area contributed by atoms with E-state index in [1.165, 1.54) is 0 Å². The molecule has 3 fully saturated rings. The molecule has 292 valence electrons. The molecule has 12 nitrogen and oxygen atoms in total. The highest BCUT2D eigenvalue weighted by Crippen LogP contribution is 2.45. The van der Waals surface area contributed by atoms with E-state index >= 15 is 4.39 Å². The van der Waals surface area contributed by atoms with E-state index in [4.69, 9.17) is 35.7 Å². The second kappa shape index (κ2) is 14.5. The number of carbonyl (C=O) groups excluding carboxylic acids is 1. The van der Waals surface area contributed by atoms with E-state index < -0.39 is 32.9 Å². The minimum absolute atomic E-state index is 0.0693. The largest absolute Gasteiger partial charge is 0.480 e. The molecule has 0 bridgehead atoms. The number of aromatic nitrogens is 3. The number of sulfonamides is 1. The van der Waals surface area contributed by atoms with Gasteiger partial charge in [-0.15, -0.1) is 0 Å². The van der Waals surface area contributed by atoms with Crippen LogP contribution in [-0.4, -0.2) is 88.8 Å². The van der Waals surface area contributed by atoms with Crippen LogP contribution in [0.1, 0.15) is 60.5 Å². The van der Waals surface area contributed by atoms with E-state index in [0.717, 1.165) is 40.8 Å². The highest BCUT2D eigenvalue weighted by Gasteiger charge is 2.41. The van der Waals surface area contributed by atoms with Gasteiger partial charge in [0.1, 0.15) is 11.2 Å². The van der Waals surface area contributed by atoms with Gasteiger partial charge in [0.2, 0.25) is 27.7 Å². The van der Waals surface area contributed by atoms with Crippen molar-refractivity contribution in [2.45, 2.75) is 69.4 Å². The summed E-state index contributed by atoms with van der Waals surface area (Å²) in [5, 5.41) is 9.90. The summed E-state index contributed by atoms with van der Waals surface area (Å²) >= 11 is 7.14. The van der Waals surface area contributed by atoms with Crippen LogP contribution in [0, 0.1) is 18.7 Å². The van der Waals surface area contributed by atoms with Crippen molar-refractivity contribution in [3.8, 4) is 39.7 Å². The van der Waals surface area contributed by atoms with E-state index in [2.05, 4.69) is 14.5 Å². The Balaban J connectivity index is 0.975. The van der Waals surface area contributed by atoms with Gasteiger partial charge in [-0.2, -0.15) is 0 Å². The third kappa shape index (κ3) is 6.74. The lowest BCUT2D eigenvalue weighted by atomic mass is 9.94. The van der Waals surface area contributed by atoms with Crippen LogP contribution < -0.4 is 9.46 Å². The van der Waals surface area contributed by atoms with Crippen molar-refractivity contribution in [1.82, 2.24) is 29.5 Å². The first kappa shape index (κ1) is 37.1. The van der Waals surface area contributed by atoms with E-state index in [1.54, 1.807) is 19.4 Å². The molecule has 4 heterocycles. The third-order valence-electron chi connectivity index (χ3n) is 11.8. The molecule has 0 spiro atoms. The number of benzene rings is 3. The molecule has 4 aliphatic rings. The molecular formula is C41H42ClFN6O6S. The minimum atomic E-state index is -3.62. The number of rotatable bonds is 10. The number of amides is 1. The number of carbonyl (C=O) groups is 1. The fourth-order valence-corrected chi connectivity index (χ4v) is 10.3. The van der Waals surface area contributed by atoms with Gasteiger partial charge in [0.05, 0.1) is 46.9 Å². The summed E-state index contributed by atoms with van der Waals surface area (Å²) in [6, 6.07) is 13.2. The maximum Gasteiger partial charge on any atom is 0.237 e. The zero-order valence-electron chi connectivity index (χ0n) is 31.1. The Labute approximate surface area is 329 Å². The van der Waals surface area contributed by atoms with Crippen LogP contribution in [0.2, 0.25) is 5.02 Å². The smallest absolute Gasteiger partial charge is 0.237 e. The van der Waals surface area contributed by atoms with Crippen LogP contribution in [0.15, 0.2) is 53.1 Å². The molecule has 5 aromatic rings. The predicted octanol–water partition coefficient (Wildman–Crippen LogP) is 6.21. The number of β-amino-alcohol motifs (C(OH)–C–C–N with tert-alkyl or cyclic N) is 1. The van der Waals surface area contributed by atoms with Gasteiger partial charge in [-0.3, -0.25) is 24.3 Å². The summed E-state index contributed by atoms with van der Waals surface area (Å²) in [6.45, 7) is 4.92. The molecule has 0 unspecified atom stereocenters. The highest BCUT2D eigenvalue weighted by atomic mass is 35.5. The SMILES string of the molecule is COc1nc(-c2cccc(-c3cccc(-c4nc5cc6c(c(F)c5o4)CC[C@H]6N4CC[C@@H](C(=O)NS(=O)(=O)C5CC5)C4)c3Cl)c2C)cnc1CN1CC[C@@H](O)C1. The zero-order chi connectivity index (χ0) is 38.9. The first-order valence-electron chi connectivity index (χ1n) is 19.1. The van der Waals surface area contributed by atoms with Crippen molar-refractivity contribution < 1.29 is 31.9 Å². The summed E-state index contributed by atoms with van der Waals surface area (Å²) in [6.07, 6.45) is 5.04. The monoisotopic (exact) mass is 800 g/mol. The number of halogens is 2. The average Bonchev–Trinajstić information content (AvgIpc) is 3.46. The number of methoxy groups -OCH3 is 1. The van der Waals surface area contributed by atoms with Gasteiger partial charge in [-0.1, -0.05) is 41.9 Å². The number of hydrogen-bond donors (Lipinski definition) is 2. The second-order valence-electron chi connectivity index (χ2n) is 15.4. The van der Waals surface area contributed by atoms with E-state index in [0.29, 0.717) is 97.2 Å². The van der Waals surface area contributed by atoms with Gasteiger partial charge in [0.25, 0.3) is 0 Å². The number of aliphatic hydroxyl groups is 1. The number of nitrogens with zero attached hydrogens (tertiary/aromatic N) is 5. The molecule has 0 radical (unpaired) electrons. The Kier molecular flexibility index (Phi) is 9.60. The van der Waals surface area contributed by atoms with Crippen LogP contribution in [0.25, 0.3) is 44.9 Å². The van der Waals surface area contributed by atoms with Crippen LogP contribution >= 0.6 is 11.6 Å². The van der Waals surface area contributed by atoms with Gasteiger partial charge < -0.3 is 14.3 Å². The summed E-state index contributed by atoms with van der Waals surface area (Å²) in [5.74, 6) is -0.718. The molecule has 15 heteroatoms. The van der Waals surface area contributed by atoms with Crippen LogP contribution in [-0.2, 0) is 27.8 Å². The molecular weight excluding hydrogens is 759 g/mol. The molecule has 2 saturated heterocycles. The van der Waals surface area contributed by atoms with E-state index in [9.17, 15) is 18.3 Å². The maximum absolute atomic E-state index is 16.2. The molecule has 9 rings (SSSR count). The summed E-state index contributed by atoms with van der Waals surface area (Å²) in [5.41, 5.74) is 7.12. The Bertz CT molecular complexity index is 2490. The molecule has 56 heavy (non-hydrogen) atoms. The van der Waals surface area contributed by atoms with Gasteiger partial charge in [-0.05, 0) is 86.4 Å². The Hall–Kier alpha value is -4.47. The molecule has 1 amide bonds. The van der Waals surface area contributed by atoms with Gasteiger partial charge in [-0.25, -0.2) is 22.8 Å². The predicted molar refractivity (Wildman–Crippen MR) is 209 cm³/mol. The van der Waals surface area contributed by atoms with Crippen molar-refractivity contribution in [3.63, 3.8) is 0 Å². The Morgan fingerprint density at radius 3 is 2.55 bits per heavy atom. The fourth-order valence-electron chi connectivity index (χ4n) is 8.61. The third-order valence-corrected chi connectivity index (χ3v) is 14.0. The summed E-state index contributed by atoms with van der Waals surface area (Å²) in [4.78, 5) is 31.4. The lowest BCUT2D eigenvalue weighted by molar-refractivity contribution is -0.122. The zero-order valence-corrected chi connectivity index (χ0v) is 32.7. The molecule has 2 N–H and O–H groups in total. The van der Waals surface area contributed by atoms with Crippen LogP contribution in [0.4, 0.5) is 4.39 Å². The average molecular weight is 801 g/mol. The summed E-state index contributed by atoms with van der Waals surface area (Å²) < 4.78 is 55.0. The molecule has 3 atom stereocenters. The number of oxazole rings is 1. The lowest BCUT2D eigenvalue weighted by Gasteiger charge is -2.24. The van der Waals surface area contributed by atoms with Crippen LogP contribution in [0.3, 0.4) is 0 Å². The molecule has 2 aliphatic heterocycles. The number of fused-ring (bicyclic) bond motifs is 2. The Morgan fingerprint density at radius 1 is 1.04 bits per heavy atom. The standard InChI is InChI=1S/C41H42ClFN6O6S/c1-22-26(5-3-6-27(22)33-18-44-34(41(46-33)54-2)21-48-15-14-24(50)20-48)28-7-4-8-30(36(28)42)40-45-32-17-31-29(37(43)38(32)55-40)11-12-35(31)49-16-13-23(19-49)39(51)47-56(52,53)25-9-10-25/h3-8,17-18,23-25,35,50H,9-16,19-21H2,1-2H3,(H,47,51)/t23-,24-,35-/m1/s1. The van der Waals surface area contributed by atoms with Gasteiger partial charge in [0, 0.05) is 43.3 Å². The fraction of sp³-hybridized carbons (Fsp3) is 0.415. The quantitative estimate of drug-likeness (QED) is 0.166. The van der Waals surface area contributed by atoms with Crippen molar-refractivity contribution in [2.24, 2.45) is 5.92 Å². The van der Waals surface area contributed by atoms with Crippen LogP contribution in [0.5, 0.6) is 5.88 Å². The highest BCUT2D eigenvalue weighted by molar-refractivity contribution is 7.90. The maximum atomic E-state index is 16.2. The summed E-state index contributed by atoms with van der Waals surface area (Å²) in [7, 11) is -2.04. The van der Waals surface area contributed by atoms with E-state index in [-0.39, 0.29) is 23.6 Å². The first-order chi connectivity index (χ1) is 27.0. The normalized spacial score (nSPS) is 21.6. The number of nitrogens with one attached hydrogen (secondary N) is 1. The lowest BCUT2D eigenvalue weighted by Crippen LogP contribution is -2.38. The van der Waals surface area contributed by atoms with Gasteiger partial charge in [0.15, 0.2) is 11.4 Å². The second-order valence-corrected chi connectivity index (χ2v) is 17.7. The number of aliphatic hydroxyl groups excluding tert-OH is 1. The van der Waals surface area contributed by atoms with Gasteiger partial charge >= 0.3 is 0 Å². The molecule has 2 aromatic heterocycles. The number of ether oxygens (including phenoxy) is 1. The molecule has 1 saturated carbocycles.